The lowest BCUT2D eigenvalue weighted by Crippen LogP contribution is -2.22. The highest BCUT2D eigenvalue weighted by molar-refractivity contribution is 5.97. The maximum absolute atomic E-state index is 11.7. The van der Waals surface area contributed by atoms with Crippen LogP contribution in [0.4, 0.5) is 0 Å². The number of oxazole rings is 1. The van der Waals surface area contributed by atoms with Gasteiger partial charge < -0.3 is 19.9 Å². The van der Waals surface area contributed by atoms with Gasteiger partial charge in [-0.15, -0.1) is 0 Å². The van der Waals surface area contributed by atoms with Crippen LogP contribution in [0.2, 0.25) is 0 Å². The summed E-state index contributed by atoms with van der Waals surface area (Å²) in [5.74, 6) is -0.646. The van der Waals surface area contributed by atoms with Crippen LogP contribution in [-0.4, -0.2) is 26.9 Å². The molecule has 1 aromatic carbocycles. The van der Waals surface area contributed by atoms with Crippen LogP contribution < -0.4 is 5.32 Å². The average Bonchev–Trinajstić information content (AvgIpc) is 2.93. The van der Waals surface area contributed by atoms with Gasteiger partial charge in [0.25, 0.3) is 0 Å². The number of phenols is 2. The highest BCUT2D eigenvalue weighted by Crippen LogP contribution is 2.32. The molecule has 1 heterocycles. The Morgan fingerprint density at radius 1 is 1.26 bits per heavy atom. The van der Waals surface area contributed by atoms with E-state index in [4.69, 9.17) is 4.42 Å². The molecule has 0 aliphatic carbocycles. The topological polar surface area (TPSA) is 113 Å². The quantitative estimate of drug-likeness (QED) is 0.557. The Balaban J connectivity index is 2.30. The van der Waals surface area contributed by atoms with Crippen molar-refractivity contribution in [2.75, 3.05) is 0 Å². The molecule has 0 aliphatic rings. The summed E-state index contributed by atoms with van der Waals surface area (Å²) in [6.45, 7) is 3.32. The summed E-state index contributed by atoms with van der Waals surface area (Å²) in [4.78, 5) is 27.3. The summed E-state index contributed by atoms with van der Waals surface area (Å²) in [6, 6.07) is 4.07. The number of benzene rings is 1. The predicted octanol–water partition coefficient (Wildman–Crippen LogP) is 2.37. The number of hydrogen-bond donors (Lipinski definition) is 3. The van der Waals surface area contributed by atoms with Crippen LogP contribution in [0, 0.1) is 0 Å². The van der Waals surface area contributed by atoms with E-state index in [9.17, 15) is 19.8 Å². The second kappa shape index (κ2) is 6.95. The van der Waals surface area contributed by atoms with Crippen molar-refractivity contribution in [3.8, 4) is 22.8 Å². The summed E-state index contributed by atoms with van der Waals surface area (Å²) in [7, 11) is 0. The first-order valence-electron chi connectivity index (χ1n) is 7.22. The molecule has 0 atom stereocenters. The van der Waals surface area contributed by atoms with Crippen molar-refractivity contribution in [3.63, 3.8) is 0 Å². The number of carbonyl (C=O) groups excluding carboxylic acids is 2. The van der Waals surface area contributed by atoms with Gasteiger partial charge in [0.1, 0.15) is 0 Å². The van der Waals surface area contributed by atoms with E-state index in [1.807, 2.05) is 6.92 Å². The number of Topliss-reactive ketones (excluding diaryl/α,β-unsaturated/α-hetero) is 1. The molecule has 0 aliphatic heterocycles. The Hall–Kier alpha value is -2.83. The van der Waals surface area contributed by atoms with Crippen LogP contribution in [0.25, 0.3) is 11.3 Å². The summed E-state index contributed by atoms with van der Waals surface area (Å²) in [6.07, 6.45) is 1.13. The second-order valence-corrected chi connectivity index (χ2v) is 5.07. The molecule has 0 saturated heterocycles. The Labute approximate surface area is 133 Å². The number of amides is 1. The summed E-state index contributed by atoms with van der Waals surface area (Å²) >= 11 is 0. The molecule has 0 saturated carbocycles. The predicted molar refractivity (Wildman–Crippen MR) is 82.0 cm³/mol. The third-order valence-corrected chi connectivity index (χ3v) is 3.16. The van der Waals surface area contributed by atoms with Crippen molar-refractivity contribution >= 4 is 11.7 Å². The minimum Gasteiger partial charge on any atom is -0.504 e. The standard InChI is InChI=1S/C16H18N2O5/c1-3-4-13(22)17-8-14-18-15(9(2)19)16(23-14)10-5-6-11(20)12(21)7-10/h5-7,20-21H,3-4,8H2,1-2H3,(H,17,22). The molecule has 122 valence electrons. The van der Waals surface area contributed by atoms with Crippen LogP contribution in [0.5, 0.6) is 11.5 Å². The van der Waals surface area contributed by atoms with E-state index >= 15 is 0 Å². The molecule has 0 spiro atoms. The Kier molecular flexibility index (Phi) is 5.00. The number of phenolic OH excluding ortho intramolecular Hbond substituents is 2. The molecule has 0 fully saturated rings. The summed E-state index contributed by atoms with van der Waals surface area (Å²) in [5, 5.41) is 21.6. The molecule has 1 amide bonds. The highest BCUT2D eigenvalue weighted by atomic mass is 16.4. The van der Waals surface area contributed by atoms with Crippen molar-refractivity contribution in [2.24, 2.45) is 0 Å². The lowest BCUT2D eigenvalue weighted by atomic mass is 10.1. The van der Waals surface area contributed by atoms with Gasteiger partial charge in [-0.3, -0.25) is 9.59 Å². The normalized spacial score (nSPS) is 10.5. The Morgan fingerprint density at radius 2 is 2.00 bits per heavy atom. The van der Waals surface area contributed by atoms with E-state index in [-0.39, 0.29) is 47.1 Å². The number of nitrogens with one attached hydrogen (secondary N) is 1. The smallest absolute Gasteiger partial charge is 0.220 e. The zero-order chi connectivity index (χ0) is 17.0. The van der Waals surface area contributed by atoms with E-state index in [1.165, 1.54) is 25.1 Å². The molecular weight excluding hydrogens is 300 g/mol. The number of rotatable bonds is 6. The van der Waals surface area contributed by atoms with Gasteiger partial charge in [-0.25, -0.2) is 4.98 Å². The van der Waals surface area contributed by atoms with Gasteiger partial charge >= 0.3 is 0 Å². The molecule has 1 aromatic heterocycles. The minimum atomic E-state index is -0.328. The van der Waals surface area contributed by atoms with E-state index < -0.39 is 0 Å². The van der Waals surface area contributed by atoms with Crippen LogP contribution in [-0.2, 0) is 11.3 Å². The maximum atomic E-state index is 11.7. The van der Waals surface area contributed by atoms with Crippen molar-refractivity contribution in [1.82, 2.24) is 10.3 Å². The largest absolute Gasteiger partial charge is 0.504 e. The lowest BCUT2D eigenvalue weighted by molar-refractivity contribution is -0.121. The number of ketones is 1. The summed E-state index contributed by atoms with van der Waals surface area (Å²) < 4.78 is 5.55. The van der Waals surface area contributed by atoms with Gasteiger partial charge in [-0.2, -0.15) is 0 Å². The van der Waals surface area contributed by atoms with Crippen molar-refractivity contribution in [3.05, 3.63) is 29.8 Å². The van der Waals surface area contributed by atoms with Gasteiger partial charge in [0, 0.05) is 18.9 Å². The highest BCUT2D eigenvalue weighted by Gasteiger charge is 2.19. The fourth-order valence-electron chi connectivity index (χ4n) is 2.03. The molecule has 3 N–H and O–H groups in total. The van der Waals surface area contributed by atoms with Crippen LogP contribution in [0.3, 0.4) is 0 Å². The fourth-order valence-corrected chi connectivity index (χ4v) is 2.03. The number of aromatic hydroxyl groups is 2. The van der Waals surface area contributed by atoms with Gasteiger partial charge in [0.15, 0.2) is 28.7 Å². The Morgan fingerprint density at radius 3 is 2.61 bits per heavy atom. The lowest BCUT2D eigenvalue weighted by Gasteiger charge is -2.02. The van der Waals surface area contributed by atoms with Gasteiger partial charge in [-0.05, 0) is 24.6 Å². The first-order chi connectivity index (χ1) is 10.9. The molecule has 23 heavy (non-hydrogen) atoms. The van der Waals surface area contributed by atoms with Crippen molar-refractivity contribution in [1.29, 1.82) is 0 Å². The second-order valence-electron chi connectivity index (χ2n) is 5.07. The fraction of sp³-hybridized carbons (Fsp3) is 0.312. The molecule has 7 nitrogen and oxygen atoms in total. The Bertz CT molecular complexity index is 736. The van der Waals surface area contributed by atoms with E-state index in [0.29, 0.717) is 12.0 Å². The molecule has 0 unspecified atom stereocenters. The maximum Gasteiger partial charge on any atom is 0.220 e. The minimum absolute atomic E-state index is 0.0726. The van der Waals surface area contributed by atoms with Gasteiger partial charge in [-0.1, -0.05) is 6.92 Å². The van der Waals surface area contributed by atoms with Crippen LogP contribution >= 0.6 is 0 Å². The zero-order valence-corrected chi connectivity index (χ0v) is 12.9. The van der Waals surface area contributed by atoms with E-state index in [2.05, 4.69) is 10.3 Å². The van der Waals surface area contributed by atoms with Crippen LogP contribution in [0.15, 0.2) is 22.6 Å². The summed E-state index contributed by atoms with van der Waals surface area (Å²) in [5.41, 5.74) is 0.513. The first-order valence-corrected chi connectivity index (χ1v) is 7.22. The molecular formula is C16H18N2O5. The molecule has 7 heteroatoms. The number of carbonyl (C=O) groups is 2. The first kappa shape index (κ1) is 16.5. The third kappa shape index (κ3) is 3.88. The zero-order valence-electron chi connectivity index (χ0n) is 12.9. The number of aromatic nitrogens is 1. The average molecular weight is 318 g/mol. The molecule has 2 rings (SSSR count). The number of hydrogen-bond acceptors (Lipinski definition) is 6. The SMILES string of the molecule is CCCC(=O)NCc1nc(C(C)=O)c(-c2ccc(O)c(O)c2)o1. The number of nitrogens with zero attached hydrogens (tertiary/aromatic N) is 1. The van der Waals surface area contributed by atoms with E-state index in [0.717, 1.165) is 6.42 Å². The molecule has 2 aromatic rings. The third-order valence-electron chi connectivity index (χ3n) is 3.16. The van der Waals surface area contributed by atoms with E-state index in [1.54, 1.807) is 0 Å². The van der Waals surface area contributed by atoms with Crippen LogP contribution in [0.1, 0.15) is 43.1 Å². The van der Waals surface area contributed by atoms with Gasteiger partial charge in [0.2, 0.25) is 11.8 Å². The molecule has 0 bridgehead atoms. The van der Waals surface area contributed by atoms with Crippen molar-refractivity contribution < 1.29 is 24.2 Å². The van der Waals surface area contributed by atoms with Crippen molar-refractivity contribution in [2.45, 2.75) is 33.2 Å². The van der Waals surface area contributed by atoms with Gasteiger partial charge in [0.05, 0.1) is 6.54 Å². The monoisotopic (exact) mass is 318 g/mol. The molecule has 0 radical (unpaired) electrons.